The van der Waals surface area contributed by atoms with Gasteiger partial charge in [-0.15, -0.1) is 0 Å². The Kier molecular flexibility index (Phi) is 12.4. The molecule has 0 aromatic carbocycles. The highest BCUT2D eigenvalue weighted by Gasteiger charge is 2.60. The molecule has 0 bridgehead atoms. The van der Waals surface area contributed by atoms with Gasteiger partial charge in [-0.3, -0.25) is 4.90 Å². The van der Waals surface area contributed by atoms with Gasteiger partial charge in [-0.2, -0.15) is 11.8 Å². The zero-order valence-corrected chi connectivity index (χ0v) is 39.0. The fourth-order valence-corrected chi connectivity index (χ4v) is 22.9. The molecular formula is C56H91NOS. The first kappa shape index (κ1) is 40.8. The van der Waals surface area contributed by atoms with Crippen molar-refractivity contribution in [2.75, 3.05) is 0 Å². The van der Waals surface area contributed by atoms with E-state index in [1.54, 1.807) is 167 Å². The van der Waals surface area contributed by atoms with Crippen LogP contribution in [0, 0.1) is 82.9 Å². The second-order valence-corrected chi connectivity index (χ2v) is 26.5. The monoisotopic (exact) mass is 826 g/mol. The normalized spacial score (nSPS) is 53.0. The van der Waals surface area contributed by atoms with Crippen molar-refractivity contribution in [1.29, 1.82) is 0 Å². The molecule has 2 nitrogen and oxygen atoms in total. The molecule has 0 N–H and O–H groups in total. The quantitative estimate of drug-likeness (QED) is 0.265. The van der Waals surface area contributed by atoms with E-state index in [1.165, 1.54) is 57.8 Å². The lowest BCUT2D eigenvalue weighted by Gasteiger charge is -2.53. The van der Waals surface area contributed by atoms with Crippen LogP contribution in [0.3, 0.4) is 0 Å². The lowest BCUT2D eigenvalue weighted by Crippen LogP contribution is -2.53. The first-order valence-electron chi connectivity index (χ1n) is 28.3. The van der Waals surface area contributed by atoms with Crippen molar-refractivity contribution in [1.82, 2.24) is 4.90 Å². The minimum Gasteiger partial charge on any atom is -0.374 e. The van der Waals surface area contributed by atoms with Gasteiger partial charge in [0.2, 0.25) is 0 Å². The van der Waals surface area contributed by atoms with Gasteiger partial charge in [0.25, 0.3) is 0 Å². The summed E-state index contributed by atoms with van der Waals surface area (Å²) in [6.45, 7) is 0. The summed E-state index contributed by atoms with van der Waals surface area (Å²) in [4.78, 5) is 3.38. The Labute approximate surface area is 368 Å². The maximum absolute atomic E-state index is 6.90. The summed E-state index contributed by atoms with van der Waals surface area (Å²) >= 11 is 2.61. The van der Waals surface area contributed by atoms with Gasteiger partial charge in [0.05, 0.1) is 12.2 Å². The second kappa shape index (κ2) is 17.9. The Hall–Kier alpha value is 0.270. The fourth-order valence-electron chi connectivity index (χ4n) is 20.4. The molecule has 0 radical (unpaired) electrons. The maximum atomic E-state index is 6.90. The number of nitrogens with zero attached hydrogens (tertiary/aromatic N) is 1. The van der Waals surface area contributed by atoms with Crippen molar-refractivity contribution in [3.05, 3.63) is 0 Å². The molecule has 10 aliphatic carbocycles. The average molecular weight is 826 g/mol. The standard InChI is InChI=1S/C56H91NOS/c1-2-9-36(10-3-1)37-19-26-43(27-20-37)57(44-28-21-38(22-29-44)41-25-32-47-42(35-41)18-17-39-11-4-5-12-46(39)47)45-30-23-40(24-31-45)48-14-8-15-49-50-33-34-53-54(56(50)59-55(48)49)51-13-6-7-16-52(51)58-53/h36-56H,1-35H2. The van der Waals surface area contributed by atoms with Gasteiger partial charge in [-0.1, -0.05) is 70.6 Å². The summed E-state index contributed by atoms with van der Waals surface area (Å²) in [5.74, 6) is 14.8. The molecule has 0 spiro atoms. The molecule has 0 aromatic heterocycles. The molecule has 332 valence electrons. The summed E-state index contributed by atoms with van der Waals surface area (Å²) in [7, 11) is 0. The fraction of sp³-hybridized carbons (Fsp3) is 1.00. The van der Waals surface area contributed by atoms with Gasteiger partial charge in [0.1, 0.15) is 0 Å². The Morgan fingerprint density at radius 2 is 0.763 bits per heavy atom. The molecule has 12 fully saturated rings. The lowest BCUT2D eigenvalue weighted by molar-refractivity contribution is -0.0248. The van der Waals surface area contributed by atoms with E-state index < -0.39 is 0 Å². The molecule has 2 heterocycles. The molecule has 14 atom stereocenters. The van der Waals surface area contributed by atoms with Gasteiger partial charge in [0, 0.05) is 34.5 Å². The van der Waals surface area contributed by atoms with E-state index in [9.17, 15) is 0 Å². The van der Waals surface area contributed by atoms with E-state index in [0.29, 0.717) is 12.2 Å². The molecule has 0 aromatic rings. The number of ether oxygens (including phenoxy) is 1. The van der Waals surface area contributed by atoms with Crippen LogP contribution in [-0.4, -0.2) is 45.7 Å². The van der Waals surface area contributed by atoms with Crippen LogP contribution >= 0.6 is 11.8 Å². The van der Waals surface area contributed by atoms with E-state index in [1.807, 2.05) is 0 Å². The zero-order chi connectivity index (χ0) is 38.9. The Balaban J connectivity index is 0.700. The molecule has 12 aliphatic rings. The van der Waals surface area contributed by atoms with Gasteiger partial charge in [-0.25, -0.2) is 0 Å². The molecule has 12 rings (SSSR count). The van der Waals surface area contributed by atoms with Crippen LogP contribution in [-0.2, 0) is 4.74 Å². The van der Waals surface area contributed by atoms with Gasteiger partial charge in [-0.05, 0) is 231 Å². The number of fused-ring (bicyclic) bond motifs is 10. The van der Waals surface area contributed by atoms with Gasteiger partial charge in [0.15, 0.2) is 0 Å². The molecule has 14 unspecified atom stereocenters. The van der Waals surface area contributed by atoms with Crippen LogP contribution in [0.4, 0.5) is 0 Å². The van der Waals surface area contributed by atoms with Crippen molar-refractivity contribution >= 4 is 11.8 Å². The van der Waals surface area contributed by atoms with E-state index in [4.69, 9.17) is 4.74 Å². The van der Waals surface area contributed by atoms with Crippen molar-refractivity contribution < 1.29 is 4.74 Å². The first-order valence-corrected chi connectivity index (χ1v) is 29.3. The number of thioether (sulfide) groups is 1. The third-order valence-corrected chi connectivity index (χ3v) is 25.0. The summed E-state index contributed by atoms with van der Waals surface area (Å²) in [5.41, 5.74) is 0. The minimum atomic E-state index is 0.626. The Bertz CT molecular complexity index is 1370. The minimum absolute atomic E-state index is 0.626. The Morgan fingerprint density at radius 1 is 0.288 bits per heavy atom. The topological polar surface area (TPSA) is 12.5 Å². The third-order valence-electron chi connectivity index (χ3n) is 23.0. The number of hydrogen-bond acceptors (Lipinski definition) is 3. The largest absolute Gasteiger partial charge is 0.374 e. The summed E-state index contributed by atoms with van der Waals surface area (Å²) < 4.78 is 6.90. The van der Waals surface area contributed by atoms with Crippen LogP contribution in [0.2, 0.25) is 0 Å². The Morgan fingerprint density at radius 3 is 1.53 bits per heavy atom. The zero-order valence-electron chi connectivity index (χ0n) is 38.1. The van der Waals surface area contributed by atoms with Crippen LogP contribution in [0.25, 0.3) is 0 Å². The average Bonchev–Trinajstić information content (AvgIpc) is 3.89. The van der Waals surface area contributed by atoms with Crippen molar-refractivity contribution in [2.45, 2.75) is 266 Å². The molecule has 3 heteroatoms. The van der Waals surface area contributed by atoms with Crippen molar-refractivity contribution in [3.8, 4) is 0 Å². The molecule has 2 saturated heterocycles. The predicted molar refractivity (Wildman–Crippen MR) is 247 cm³/mol. The molecule has 10 saturated carbocycles. The molecular weight excluding hydrogens is 735 g/mol. The SMILES string of the molecule is C1CCC(C2CCC(N(C3CCC(C4CCC5C(CCC6CCCCC65)C4)CC3)C3CCC(C4CCCC5C6CCC7OC8CCCCC8C7C6SC45)CC3)CC2)CC1. The number of rotatable bonds is 6. The van der Waals surface area contributed by atoms with Crippen molar-refractivity contribution in [2.24, 2.45) is 82.9 Å². The van der Waals surface area contributed by atoms with Crippen LogP contribution < -0.4 is 0 Å². The van der Waals surface area contributed by atoms with Crippen molar-refractivity contribution in [3.63, 3.8) is 0 Å². The van der Waals surface area contributed by atoms with E-state index in [0.717, 1.165) is 111 Å². The second-order valence-electron chi connectivity index (χ2n) is 25.1. The first-order chi connectivity index (χ1) is 29.2. The summed E-state index contributed by atoms with van der Waals surface area (Å²) in [6.07, 6.45) is 55.5. The van der Waals surface area contributed by atoms with Crippen LogP contribution in [0.15, 0.2) is 0 Å². The highest BCUT2D eigenvalue weighted by Crippen LogP contribution is 2.64. The smallest absolute Gasteiger partial charge is 0.0621 e. The van der Waals surface area contributed by atoms with E-state index in [2.05, 4.69) is 16.7 Å². The van der Waals surface area contributed by atoms with Crippen LogP contribution in [0.1, 0.15) is 225 Å². The lowest BCUT2D eigenvalue weighted by atomic mass is 9.55. The summed E-state index contributed by atoms with van der Waals surface area (Å²) in [6, 6.07) is 2.73. The van der Waals surface area contributed by atoms with E-state index >= 15 is 0 Å². The summed E-state index contributed by atoms with van der Waals surface area (Å²) in [5, 5.41) is 1.95. The highest BCUT2D eigenvalue weighted by molar-refractivity contribution is 8.00. The van der Waals surface area contributed by atoms with E-state index in [-0.39, 0.29) is 0 Å². The molecule has 0 amide bonds. The third kappa shape index (κ3) is 7.85. The highest BCUT2D eigenvalue weighted by atomic mass is 32.2. The predicted octanol–water partition coefficient (Wildman–Crippen LogP) is 15.1. The van der Waals surface area contributed by atoms with Crippen LogP contribution in [0.5, 0.6) is 0 Å². The number of hydrogen-bond donors (Lipinski definition) is 0. The maximum Gasteiger partial charge on any atom is 0.0621 e. The molecule has 59 heavy (non-hydrogen) atoms. The molecule has 2 aliphatic heterocycles. The van der Waals surface area contributed by atoms with Gasteiger partial charge >= 0.3 is 0 Å². The van der Waals surface area contributed by atoms with Gasteiger partial charge < -0.3 is 4.74 Å².